The average molecular weight is 279 g/mol. The Kier molecular flexibility index (Phi) is 3.71. The van der Waals surface area contributed by atoms with E-state index in [1.165, 1.54) is 0 Å². The summed E-state index contributed by atoms with van der Waals surface area (Å²) in [5, 5.41) is 1.03. The van der Waals surface area contributed by atoms with E-state index in [9.17, 15) is 0 Å². The van der Waals surface area contributed by atoms with Crippen molar-refractivity contribution in [3.63, 3.8) is 0 Å². The number of aromatic nitrogens is 1. The van der Waals surface area contributed by atoms with Gasteiger partial charge in [0, 0.05) is 10.9 Å². The van der Waals surface area contributed by atoms with Crippen LogP contribution in [0.1, 0.15) is 6.92 Å². The molecule has 1 aromatic heterocycles. The number of fused-ring (bicyclic) bond motifs is 1. The lowest BCUT2D eigenvalue weighted by molar-refractivity contribution is 0.340. The molecule has 4 nitrogen and oxygen atoms in total. The number of nitrogen functional groups attached to an aromatic ring is 1. The highest BCUT2D eigenvalue weighted by molar-refractivity contribution is 5.90. The first kappa shape index (κ1) is 13.4. The van der Waals surface area contributed by atoms with Crippen LogP contribution in [0.25, 0.3) is 22.0 Å². The number of nitrogens with one attached hydrogen (secondary N) is 1. The molecule has 3 N–H and O–H groups in total. The van der Waals surface area contributed by atoms with Crippen LogP contribution in [0.3, 0.4) is 0 Å². The number of anilines is 1. The van der Waals surface area contributed by atoms with Gasteiger partial charge in [0.25, 0.3) is 0 Å². The quantitative estimate of drug-likeness (QED) is 0.566. The van der Waals surface area contributed by atoms with Gasteiger partial charge in [0.2, 0.25) is 0 Å². The van der Waals surface area contributed by atoms with Crippen LogP contribution in [-0.4, -0.2) is 11.6 Å². The fourth-order valence-corrected chi connectivity index (χ4v) is 2.36. The number of nitrogens with zero attached hydrogens (tertiary/aromatic N) is 1. The average Bonchev–Trinajstić information content (AvgIpc) is 2.54. The Balaban J connectivity index is 2.18. The molecule has 3 aromatic rings. The molecule has 3 rings (SSSR count). The third kappa shape index (κ3) is 2.66. The molecule has 0 aliphatic carbocycles. The number of hydrazine groups is 1. The van der Waals surface area contributed by atoms with Crippen molar-refractivity contribution in [2.45, 2.75) is 6.92 Å². The zero-order valence-corrected chi connectivity index (χ0v) is 11.8. The van der Waals surface area contributed by atoms with Gasteiger partial charge in [-0.1, -0.05) is 30.3 Å². The number of rotatable bonds is 4. The summed E-state index contributed by atoms with van der Waals surface area (Å²) in [7, 11) is 0. The van der Waals surface area contributed by atoms with E-state index in [-0.39, 0.29) is 0 Å². The molecule has 0 atom stereocenters. The monoisotopic (exact) mass is 279 g/mol. The highest BCUT2D eigenvalue weighted by Crippen LogP contribution is 2.31. The third-order valence-electron chi connectivity index (χ3n) is 3.32. The van der Waals surface area contributed by atoms with Gasteiger partial charge in [0.15, 0.2) is 0 Å². The van der Waals surface area contributed by atoms with Crippen LogP contribution in [0.5, 0.6) is 5.75 Å². The van der Waals surface area contributed by atoms with Crippen LogP contribution in [0.2, 0.25) is 0 Å². The van der Waals surface area contributed by atoms with Crippen molar-refractivity contribution in [3.05, 3.63) is 54.6 Å². The molecule has 0 amide bonds. The minimum absolute atomic E-state index is 0.646. The molecule has 1 heterocycles. The Morgan fingerprint density at radius 1 is 1.10 bits per heavy atom. The zero-order chi connectivity index (χ0) is 14.7. The summed E-state index contributed by atoms with van der Waals surface area (Å²) < 4.78 is 5.55. The van der Waals surface area contributed by atoms with Crippen LogP contribution < -0.4 is 16.0 Å². The molecule has 4 heteroatoms. The molecule has 0 saturated carbocycles. The number of ether oxygens (including phenoxy) is 1. The Labute approximate surface area is 123 Å². The maximum Gasteiger partial charge on any atom is 0.148 e. The molecule has 2 aromatic carbocycles. The molecule has 0 spiro atoms. The van der Waals surface area contributed by atoms with Crippen LogP contribution >= 0.6 is 0 Å². The van der Waals surface area contributed by atoms with Gasteiger partial charge < -0.3 is 10.2 Å². The Hall–Kier alpha value is -2.59. The van der Waals surface area contributed by atoms with Gasteiger partial charge in [0.1, 0.15) is 11.6 Å². The van der Waals surface area contributed by atoms with Crippen LogP contribution in [0.4, 0.5) is 5.82 Å². The van der Waals surface area contributed by atoms with Gasteiger partial charge in [-0.2, -0.15) is 0 Å². The van der Waals surface area contributed by atoms with E-state index >= 15 is 0 Å². The maximum atomic E-state index is 5.62. The molecule has 0 saturated heterocycles. The molecular formula is C17H17N3O. The molecule has 0 fully saturated rings. The summed E-state index contributed by atoms with van der Waals surface area (Å²) in [5.74, 6) is 7.13. The lowest BCUT2D eigenvalue weighted by atomic mass is 10.0. The van der Waals surface area contributed by atoms with Crippen molar-refractivity contribution in [1.82, 2.24) is 4.98 Å². The minimum atomic E-state index is 0.646. The summed E-state index contributed by atoms with van der Waals surface area (Å²) >= 11 is 0. The molecule has 106 valence electrons. The second kappa shape index (κ2) is 5.81. The summed E-state index contributed by atoms with van der Waals surface area (Å²) in [4.78, 5) is 4.58. The Morgan fingerprint density at radius 2 is 1.90 bits per heavy atom. The van der Waals surface area contributed by atoms with Crippen molar-refractivity contribution >= 4 is 16.7 Å². The van der Waals surface area contributed by atoms with Gasteiger partial charge >= 0.3 is 0 Å². The van der Waals surface area contributed by atoms with Crippen molar-refractivity contribution in [3.8, 4) is 16.9 Å². The van der Waals surface area contributed by atoms with Gasteiger partial charge in [-0.05, 0) is 36.8 Å². The van der Waals surface area contributed by atoms with Crippen molar-refractivity contribution < 1.29 is 4.74 Å². The lowest BCUT2D eigenvalue weighted by Crippen LogP contribution is -2.10. The highest BCUT2D eigenvalue weighted by Gasteiger charge is 2.08. The number of benzene rings is 2. The molecule has 21 heavy (non-hydrogen) atoms. The number of nitrogens with two attached hydrogens (primary N) is 1. The molecule has 0 aliphatic rings. The van der Waals surface area contributed by atoms with E-state index in [1.54, 1.807) is 0 Å². The van der Waals surface area contributed by atoms with E-state index in [1.807, 2.05) is 55.5 Å². The van der Waals surface area contributed by atoms with Crippen LogP contribution in [0, 0.1) is 0 Å². The summed E-state index contributed by atoms with van der Waals surface area (Å²) in [6.07, 6.45) is 0. The summed E-state index contributed by atoms with van der Waals surface area (Å²) in [5.41, 5.74) is 5.61. The number of hydrogen-bond acceptors (Lipinski definition) is 4. The molecule has 0 unspecified atom stereocenters. The Bertz CT molecular complexity index is 757. The largest absolute Gasteiger partial charge is 0.494 e. The molecule has 0 radical (unpaired) electrons. The smallest absolute Gasteiger partial charge is 0.148 e. The van der Waals surface area contributed by atoms with Crippen LogP contribution in [0.15, 0.2) is 54.6 Å². The van der Waals surface area contributed by atoms with Gasteiger partial charge in [-0.25, -0.2) is 10.8 Å². The third-order valence-corrected chi connectivity index (χ3v) is 3.32. The van der Waals surface area contributed by atoms with E-state index in [0.717, 1.165) is 27.8 Å². The topological polar surface area (TPSA) is 60.2 Å². The lowest BCUT2D eigenvalue weighted by Gasteiger charge is -2.11. The predicted molar refractivity (Wildman–Crippen MR) is 86.2 cm³/mol. The highest BCUT2D eigenvalue weighted by atomic mass is 16.5. The number of pyridine rings is 1. The summed E-state index contributed by atoms with van der Waals surface area (Å²) in [6.45, 7) is 2.62. The second-order valence-corrected chi connectivity index (χ2v) is 4.68. The first-order valence-corrected chi connectivity index (χ1v) is 6.91. The normalized spacial score (nSPS) is 10.6. The first-order valence-electron chi connectivity index (χ1n) is 6.91. The van der Waals surface area contributed by atoms with E-state index in [4.69, 9.17) is 10.6 Å². The van der Waals surface area contributed by atoms with E-state index in [2.05, 4.69) is 16.5 Å². The second-order valence-electron chi connectivity index (χ2n) is 4.68. The molecule has 0 bridgehead atoms. The van der Waals surface area contributed by atoms with Crippen molar-refractivity contribution in [2.24, 2.45) is 5.84 Å². The van der Waals surface area contributed by atoms with Crippen molar-refractivity contribution in [2.75, 3.05) is 12.0 Å². The van der Waals surface area contributed by atoms with E-state index < -0.39 is 0 Å². The van der Waals surface area contributed by atoms with E-state index in [0.29, 0.717) is 12.4 Å². The zero-order valence-electron chi connectivity index (χ0n) is 11.8. The standard InChI is InChI=1S/C17H17N3O/c1-2-21-14-8-9-16-13(10-14)11-15(17(19-16)20-18)12-6-4-3-5-7-12/h3-11H,2,18H2,1H3,(H,19,20). The van der Waals surface area contributed by atoms with Crippen LogP contribution in [-0.2, 0) is 0 Å². The SMILES string of the molecule is CCOc1ccc2nc(NN)c(-c3ccccc3)cc2c1. The van der Waals surface area contributed by atoms with Gasteiger partial charge in [0.05, 0.1) is 12.1 Å². The predicted octanol–water partition coefficient (Wildman–Crippen LogP) is 3.59. The molecular weight excluding hydrogens is 262 g/mol. The first-order chi connectivity index (χ1) is 10.3. The fourth-order valence-electron chi connectivity index (χ4n) is 2.36. The molecule has 0 aliphatic heterocycles. The minimum Gasteiger partial charge on any atom is -0.494 e. The van der Waals surface area contributed by atoms with Crippen molar-refractivity contribution in [1.29, 1.82) is 0 Å². The number of hydrogen-bond donors (Lipinski definition) is 2. The fraction of sp³-hybridized carbons (Fsp3) is 0.118. The maximum absolute atomic E-state index is 5.62. The van der Waals surface area contributed by atoms with Gasteiger partial charge in [-0.3, -0.25) is 0 Å². The van der Waals surface area contributed by atoms with Gasteiger partial charge in [-0.15, -0.1) is 0 Å². The summed E-state index contributed by atoms with van der Waals surface area (Å²) in [6, 6.07) is 18.0. The Morgan fingerprint density at radius 3 is 2.62 bits per heavy atom.